The largest absolute Gasteiger partial charge is 0.378 e. The van der Waals surface area contributed by atoms with Crippen molar-refractivity contribution in [2.45, 2.75) is 123 Å². The van der Waals surface area contributed by atoms with Gasteiger partial charge in [-0.2, -0.15) is 0 Å². The van der Waals surface area contributed by atoms with Gasteiger partial charge in [0.1, 0.15) is 0 Å². The van der Waals surface area contributed by atoms with Gasteiger partial charge in [0.25, 0.3) is 0 Å². The number of ether oxygens (including phenoxy) is 3. The molecule has 48 heavy (non-hydrogen) atoms. The van der Waals surface area contributed by atoms with Crippen LogP contribution in [0.2, 0.25) is 0 Å². The highest BCUT2D eigenvalue weighted by molar-refractivity contribution is 5.16. The molecule has 7 heteroatoms. The summed E-state index contributed by atoms with van der Waals surface area (Å²) in [4.78, 5) is 2.49. The van der Waals surface area contributed by atoms with Crippen LogP contribution in [0.4, 0.5) is 0 Å². The van der Waals surface area contributed by atoms with Gasteiger partial charge in [-0.1, -0.05) is 51.1 Å². The Morgan fingerprint density at radius 2 is 1.50 bits per heavy atom. The van der Waals surface area contributed by atoms with Gasteiger partial charge in [-0.15, -0.1) is 0 Å². The maximum atomic E-state index is 7.04. The highest BCUT2D eigenvalue weighted by Gasteiger charge is 2.66. The molecule has 1 aromatic carbocycles. The molecule has 4 fully saturated rings. The van der Waals surface area contributed by atoms with Gasteiger partial charge in [0.2, 0.25) is 0 Å². The van der Waals surface area contributed by atoms with Crippen molar-refractivity contribution in [3.63, 3.8) is 0 Å². The van der Waals surface area contributed by atoms with Crippen LogP contribution < -0.4 is 17.2 Å². The monoisotopic (exact) mass is 669 g/mol. The van der Waals surface area contributed by atoms with Crippen molar-refractivity contribution < 1.29 is 14.2 Å². The Kier molecular flexibility index (Phi) is 14.3. The van der Waals surface area contributed by atoms with Crippen molar-refractivity contribution in [3.8, 4) is 0 Å². The van der Waals surface area contributed by atoms with Gasteiger partial charge in [-0.3, -0.25) is 0 Å². The minimum absolute atomic E-state index is 0.159. The van der Waals surface area contributed by atoms with Crippen molar-refractivity contribution in [1.29, 1.82) is 0 Å². The molecule has 0 amide bonds. The molecule has 1 aromatic rings. The highest BCUT2D eigenvalue weighted by atomic mass is 16.5. The van der Waals surface area contributed by atoms with E-state index in [0.29, 0.717) is 72.8 Å². The smallest absolute Gasteiger partial charge is 0.0637 e. The molecule has 0 bridgehead atoms. The Labute approximate surface area is 293 Å². The third-order valence-corrected chi connectivity index (χ3v) is 14.0. The van der Waals surface area contributed by atoms with E-state index in [1.165, 1.54) is 44.1 Å². The summed E-state index contributed by atoms with van der Waals surface area (Å²) in [6.45, 7) is 14.4. The summed E-state index contributed by atoms with van der Waals surface area (Å²) in [5.74, 6) is 3.81. The van der Waals surface area contributed by atoms with E-state index >= 15 is 0 Å². The molecular formula is C41H72N4O3. The van der Waals surface area contributed by atoms with Crippen molar-refractivity contribution >= 4 is 0 Å². The lowest BCUT2D eigenvalue weighted by molar-refractivity contribution is -0.227. The van der Waals surface area contributed by atoms with Crippen LogP contribution in [0.5, 0.6) is 0 Å². The first-order chi connectivity index (χ1) is 23.3. The Balaban J connectivity index is 1.34. The normalized spacial score (nSPS) is 36.8. The lowest BCUT2D eigenvalue weighted by Crippen LogP contribution is -2.63. The fourth-order valence-corrected chi connectivity index (χ4v) is 11.5. The van der Waals surface area contributed by atoms with Crippen LogP contribution in [-0.4, -0.2) is 76.3 Å². The van der Waals surface area contributed by atoms with Gasteiger partial charge >= 0.3 is 0 Å². The second-order valence-electron chi connectivity index (χ2n) is 16.8. The summed E-state index contributed by atoms with van der Waals surface area (Å²) >= 11 is 0. The van der Waals surface area contributed by atoms with Crippen LogP contribution >= 0.6 is 0 Å². The zero-order valence-corrected chi connectivity index (χ0v) is 31.1. The number of benzene rings is 1. The number of fused-ring (bicyclic) bond motifs is 5. The standard InChI is InChI=1S/C41H72N4O3/c1-30(12-8-22-45(4)29-31-13-6-5-7-14-31)34-15-16-35-39-36(28-38(41(34,35)3)48-25-11-21-44)40(2)18-17-33(46-23-9-19-42)26-32(40)27-37(39)47-24-10-20-43/h5-7,13-14,30,32-39H,8-12,15-29,42-44H2,1-4H3/t30-,32?,33-,34?,35+,36+,37-,38+,39?,40?,41?/m1/s1. The lowest BCUT2D eigenvalue weighted by Gasteiger charge is -2.65. The maximum absolute atomic E-state index is 7.04. The van der Waals surface area contributed by atoms with E-state index in [4.69, 9.17) is 31.4 Å². The molecule has 4 aliphatic rings. The van der Waals surface area contributed by atoms with E-state index in [9.17, 15) is 0 Å². The van der Waals surface area contributed by atoms with Crippen molar-refractivity contribution in [3.05, 3.63) is 35.9 Å². The lowest BCUT2D eigenvalue weighted by atomic mass is 9.43. The first-order valence-corrected chi connectivity index (χ1v) is 19.9. The molecule has 4 saturated carbocycles. The van der Waals surface area contributed by atoms with Gasteiger partial charge < -0.3 is 36.3 Å². The van der Waals surface area contributed by atoms with Crippen LogP contribution in [0.15, 0.2) is 30.3 Å². The number of rotatable bonds is 19. The summed E-state index contributed by atoms with van der Waals surface area (Å²) < 4.78 is 20.4. The quantitative estimate of drug-likeness (QED) is 0.142. The third-order valence-electron chi connectivity index (χ3n) is 14.0. The highest BCUT2D eigenvalue weighted by Crippen LogP contribution is 2.69. The first-order valence-electron chi connectivity index (χ1n) is 19.9. The molecule has 5 unspecified atom stereocenters. The first kappa shape index (κ1) is 38.2. The van der Waals surface area contributed by atoms with E-state index in [-0.39, 0.29) is 11.5 Å². The molecule has 0 aliphatic heterocycles. The molecule has 7 nitrogen and oxygen atoms in total. The molecule has 0 radical (unpaired) electrons. The maximum Gasteiger partial charge on any atom is 0.0637 e. The summed E-state index contributed by atoms with van der Waals surface area (Å²) in [6, 6.07) is 10.9. The van der Waals surface area contributed by atoms with Gasteiger partial charge in [-0.05, 0) is 157 Å². The van der Waals surface area contributed by atoms with E-state index in [0.717, 1.165) is 71.4 Å². The van der Waals surface area contributed by atoms with Gasteiger partial charge in [-0.25, -0.2) is 0 Å². The Morgan fingerprint density at radius 1 is 0.812 bits per heavy atom. The molecule has 0 aromatic heterocycles. The number of nitrogens with zero attached hydrogens (tertiary/aromatic N) is 1. The molecule has 0 spiro atoms. The fraction of sp³-hybridized carbons (Fsp3) is 0.854. The second-order valence-corrected chi connectivity index (χ2v) is 16.8. The van der Waals surface area contributed by atoms with Crippen molar-refractivity contribution in [2.24, 2.45) is 63.5 Å². The van der Waals surface area contributed by atoms with Crippen LogP contribution in [0.3, 0.4) is 0 Å². The topological polar surface area (TPSA) is 109 Å². The minimum atomic E-state index is 0.159. The number of hydrogen-bond donors (Lipinski definition) is 3. The summed E-state index contributed by atoms with van der Waals surface area (Å²) in [5, 5.41) is 0. The molecule has 5 rings (SSSR count). The zero-order valence-electron chi connectivity index (χ0n) is 31.1. The number of hydrogen-bond acceptors (Lipinski definition) is 7. The Hall–Kier alpha value is -1.06. The molecule has 274 valence electrons. The average molecular weight is 669 g/mol. The fourth-order valence-electron chi connectivity index (χ4n) is 11.5. The van der Waals surface area contributed by atoms with Gasteiger partial charge in [0.15, 0.2) is 0 Å². The van der Waals surface area contributed by atoms with Crippen molar-refractivity contribution in [1.82, 2.24) is 4.90 Å². The van der Waals surface area contributed by atoms with Crippen LogP contribution in [0.1, 0.15) is 103 Å². The van der Waals surface area contributed by atoms with Crippen molar-refractivity contribution in [2.75, 3.05) is 53.0 Å². The molecular weight excluding hydrogens is 596 g/mol. The molecule has 6 N–H and O–H groups in total. The SMILES string of the molecule is C[C@H](CCCN(C)Cc1ccccc1)C1CC[C@H]2C3[C@H](OCCCN)CC4C[C@H](OCCCN)CCC4(C)[C@H]3C[C@H](OCCCN)C12C. The predicted octanol–water partition coefficient (Wildman–Crippen LogP) is 6.62. The van der Waals surface area contributed by atoms with Crippen LogP contribution in [0.25, 0.3) is 0 Å². The summed E-state index contributed by atoms with van der Waals surface area (Å²) in [5.41, 5.74) is 19.6. The predicted molar refractivity (Wildman–Crippen MR) is 197 cm³/mol. The Bertz CT molecular complexity index is 1080. The van der Waals surface area contributed by atoms with Crippen LogP contribution in [-0.2, 0) is 20.8 Å². The summed E-state index contributed by atoms with van der Waals surface area (Å²) in [6.07, 6.45) is 14.8. The molecule has 0 saturated heterocycles. The Morgan fingerprint density at radius 3 is 2.21 bits per heavy atom. The molecule has 4 aliphatic carbocycles. The van der Waals surface area contributed by atoms with Gasteiger partial charge in [0, 0.05) is 31.8 Å². The zero-order chi connectivity index (χ0) is 34.1. The summed E-state index contributed by atoms with van der Waals surface area (Å²) in [7, 11) is 2.27. The third kappa shape index (κ3) is 8.52. The second kappa shape index (κ2) is 17.9. The van der Waals surface area contributed by atoms with E-state index in [1.54, 1.807) is 0 Å². The molecule has 0 heterocycles. The van der Waals surface area contributed by atoms with Gasteiger partial charge in [0.05, 0.1) is 18.3 Å². The van der Waals surface area contributed by atoms with E-state index < -0.39 is 0 Å². The minimum Gasteiger partial charge on any atom is -0.378 e. The van der Waals surface area contributed by atoms with E-state index in [2.05, 4.69) is 63.1 Å². The molecule has 11 atom stereocenters. The number of nitrogens with two attached hydrogens (primary N) is 3. The van der Waals surface area contributed by atoms with E-state index in [1.807, 2.05) is 0 Å². The average Bonchev–Trinajstić information content (AvgIpc) is 3.44. The van der Waals surface area contributed by atoms with Crippen LogP contribution in [0, 0.1) is 46.3 Å².